The van der Waals surface area contributed by atoms with Gasteiger partial charge < -0.3 is 14.6 Å². The highest BCUT2D eigenvalue weighted by Crippen LogP contribution is 2.31. The second-order valence-electron chi connectivity index (χ2n) is 9.04. The van der Waals surface area contributed by atoms with Crippen LogP contribution in [0.3, 0.4) is 0 Å². The molecule has 3 aromatic carbocycles. The molecule has 36 heavy (non-hydrogen) atoms. The maximum Gasteiger partial charge on any atom is 0.228 e. The monoisotopic (exact) mass is 525 g/mol. The molecule has 1 N–H and O–H groups in total. The predicted molar refractivity (Wildman–Crippen MR) is 142 cm³/mol. The van der Waals surface area contributed by atoms with Gasteiger partial charge in [0, 0.05) is 17.8 Å². The molecule has 0 atom stereocenters. The maximum atomic E-state index is 12.5. The number of nitrogens with one attached hydrogen (secondary N) is 1. The van der Waals surface area contributed by atoms with Gasteiger partial charge in [0.05, 0.1) is 28.1 Å². The molecule has 0 saturated heterocycles. The van der Waals surface area contributed by atoms with Crippen molar-refractivity contribution in [2.24, 2.45) is 7.05 Å². The van der Waals surface area contributed by atoms with E-state index >= 15 is 0 Å². The molecule has 7 nitrogen and oxygen atoms in total. The molecule has 0 aliphatic heterocycles. The molecular weight excluding hydrogens is 498 g/mol. The van der Waals surface area contributed by atoms with Gasteiger partial charge in [-0.3, -0.25) is 4.79 Å². The minimum Gasteiger partial charge on any atom is -0.480 e. The van der Waals surface area contributed by atoms with Crippen molar-refractivity contribution in [2.75, 3.05) is 11.1 Å². The molecule has 0 bridgehead atoms. The third-order valence-corrected chi connectivity index (χ3v) is 7.91. The zero-order valence-electron chi connectivity index (χ0n) is 20.6. The van der Waals surface area contributed by atoms with Crippen molar-refractivity contribution in [3.8, 4) is 5.75 Å². The van der Waals surface area contributed by atoms with Gasteiger partial charge in [0.15, 0.2) is 21.3 Å². The Hall–Kier alpha value is -3.36. The third-order valence-electron chi connectivity index (χ3n) is 5.92. The number of anilines is 1. The van der Waals surface area contributed by atoms with Gasteiger partial charge in [0.25, 0.3) is 0 Å². The standard InChI is InChI=1S/C27H28ClN3O4S/c1-5-36(33,34)22-13-6-18(7-14-22)16-25(32)29-20-9-11-21(12-10-20)35-27(2,3)26-30-23-15-8-19(28)17-24(23)31(26)4/h6-15,17H,5,16H2,1-4H3,(H,29,32). The van der Waals surface area contributed by atoms with Crippen LogP contribution in [0.2, 0.25) is 5.02 Å². The van der Waals surface area contributed by atoms with Crippen molar-refractivity contribution in [1.29, 1.82) is 0 Å². The van der Waals surface area contributed by atoms with Crippen LogP contribution in [0, 0.1) is 0 Å². The molecule has 0 radical (unpaired) electrons. The number of hydrogen-bond donors (Lipinski definition) is 1. The lowest BCUT2D eigenvalue weighted by molar-refractivity contribution is -0.115. The number of carbonyl (C=O) groups excluding carboxylic acids is 1. The number of imidazole rings is 1. The molecular formula is C27H28ClN3O4S. The smallest absolute Gasteiger partial charge is 0.228 e. The lowest BCUT2D eigenvalue weighted by Gasteiger charge is -2.26. The molecule has 4 rings (SSSR count). The van der Waals surface area contributed by atoms with Gasteiger partial charge >= 0.3 is 0 Å². The lowest BCUT2D eigenvalue weighted by atomic mass is 10.1. The Morgan fingerprint density at radius 2 is 1.72 bits per heavy atom. The normalized spacial score (nSPS) is 12.0. The first kappa shape index (κ1) is 25.7. The summed E-state index contributed by atoms with van der Waals surface area (Å²) >= 11 is 6.14. The predicted octanol–water partition coefficient (Wildman–Crippen LogP) is 5.52. The highest BCUT2D eigenvalue weighted by Gasteiger charge is 2.29. The van der Waals surface area contributed by atoms with Crippen molar-refractivity contribution in [2.45, 2.75) is 37.7 Å². The van der Waals surface area contributed by atoms with Crippen LogP contribution < -0.4 is 10.1 Å². The van der Waals surface area contributed by atoms with Gasteiger partial charge in [0.2, 0.25) is 5.91 Å². The summed E-state index contributed by atoms with van der Waals surface area (Å²) in [4.78, 5) is 17.5. The van der Waals surface area contributed by atoms with Crippen molar-refractivity contribution in [3.05, 3.63) is 83.1 Å². The van der Waals surface area contributed by atoms with Crippen molar-refractivity contribution in [1.82, 2.24) is 9.55 Å². The minimum atomic E-state index is -3.26. The number of rotatable bonds is 8. The van der Waals surface area contributed by atoms with Crippen LogP contribution in [0.5, 0.6) is 5.75 Å². The number of amides is 1. The lowest BCUT2D eigenvalue weighted by Crippen LogP contribution is -2.29. The van der Waals surface area contributed by atoms with E-state index in [1.54, 1.807) is 43.3 Å². The third kappa shape index (κ3) is 5.55. The van der Waals surface area contributed by atoms with Gasteiger partial charge in [-0.15, -0.1) is 0 Å². The largest absolute Gasteiger partial charge is 0.480 e. The Morgan fingerprint density at radius 1 is 1.06 bits per heavy atom. The first-order valence-corrected chi connectivity index (χ1v) is 13.5. The highest BCUT2D eigenvalue weighted by atomic mass is 35.5. The van der Waals surface area contributed by atoms with Crippen molar-refractivity contribution < 1.29 is 17.9 Å². The van der Waals surface area contributed by atoms with Gasteiger partial charge in [0.1, 0.15) is 5.75 Å². The zero-order chi connectivity index (χ0) is 26.1. The SMILES string of the molecule is CCS(=O)(=O)c1ccc(CC(=O)Nc2ccc(OC(C)(C)c3nc4ccc(Cl)cc4n3C)cc2)cc1. The zero-order valence-corrected chi connectivity index (χ0v) is 22.2. The number of aryl methyl sites for hydroxylation is 1. The summed E-state index contributed by atoms with van der Waals surface area (Å²) < 4.78 is 32.1. The summed E-state index contributed by atoms with van der Waals surface area (Å²) in [5, 5.41) is 3.51. The fourth-order valence-electron chi connectivity index (χ4n) is 4.02. The quantitative estimate of drug-likeness (QED) is 0.327. The van der Waals surface area contributed by atoms with Crippen molar-refractivity contribution >= 4 is 44.1 Å². The van der Waals surface area contributed by atoms with Crippen molar-refractivity contribution in [3.63, 3.8) is 0 Å². The molecule has 1 heterocycles. The number of halogens is 1. The molecule has 188 valence electrons. The van der Waals surface area contributed by atoms with E-state index in [9.17, 15) is 13.2 Å². The number of hydrogen-bond acceptors (Lipinski definition) is 5. The Morgan fingerprint density at radius 3 is 2.36 bits per heavy atom. The summed E-state index contributed by atoms with van der Waals surface area (Å²) in [6.07, 6.45) is 0.133. The molecule has 0 spiro atoms. The number of sulfone groups is 1. The van der Waals surface area contributed by atoms with E-state index in [1.165, 1.54) is 12.1 Å². The minimum absolute atomic E-state index is 0.0387. The Balaban J connectivity index is 1.40. The van der Waals surface area contributed by atoms with Crippen LogP contribution in [0.15, 0.2) is 71.6 Å². The van der Waals surface area contributed by atoms with Crippen LogP contribution in [0.25, 0.3) is 11.0 Å². The van der Waals surface area contributed by atoms with E-state index < -0.39 is 15.4 Å². The fourth-order valence-corrected chi connectivity index (χ4v) is 5.07. The number of nitrogens with zero attached hydrogens (tertiary/aromatic N) is 2. The summed E-state index contributed by atoms with van der Waals surface area (Å²) in [5.74, 6) is 1.23. The number of ether oxygens (including phenoxy) is 1. The van der Waals surface area contributed by atoms with E-state index in [4.69, 9.17) is 21.3 Å². The Kier molecular flexibility index (Phi) is 7.11. The van der Waals surface area contributed by atoms with Gasteiger partial charge in [-0.05, 0) is 74.0 Å². The second-order valence-corrected chi connectivity index (χ2v) is 11.8. The van der Waals surface area contributed by atoms with E-state index in [-0.39, 0.29) is 23.0 Å². The topological polar surface area (TPSA) is 90.3 Å². The van der Waals surface area contributed by atoms with E-state index in [2.05, 4.69) is 5.32 Å². The van der Waals surface area contributed by atoms with E-state index in [1.807, 2.05) is 43.7 Å². The average Bonchev–Trinajstić information content (AvgIpc) is 3.17. The van der Waals surface area contributed by atoms with Crippen LogP contribution >= 0.6 is 11.6 Å². The summed E-state index contributed by atoms with van der Waals surface area (Å²) in [6.45, 7) is 5.50. The molecule has 1 aromatic heterocycles. The van der Waals surface area contributed by atoms with Gasteiger partial charge in [-0.2, -0.15) is 0 Å². The van der Waals surface area contributed by atoms with Gasteiger partial charge in [-0.25, -0.2) is 13.4 Å². The molecule has 0 aliphatic carbocycles. The molecule has 4 aromatic rings. The first-order valence-electron chi connectivity index (χ1n) is 11.5. The molecule has 9 heteroatoms. The van der Waals surface area contributed by atoms with Crippen LogP contribution in [0.1, 0.15) is 32.2 Å². The fraction of sp³-hybridized carbons (Fsp3) is 0.259. The van der Waals surface area contributed by atoms with Crippen LogP contribution in [-0.2, 0) is 33.7 Å². The average molecular weight is 526 g/mol. The van der Waals surface area contributed by atoms with E-state index in [0.29, 0.717) is 16.5 Å². The number of benzene rings is 3. The number of carbonyl (C=O) groups is 1. The van der Waals surface area contributed by atoms with Gasteiger partial charge in [-0.1, -0.05) is 30.7 Å². The Bertz CT molecular complexity index is 1510. The highest BCUT2D eigenvalue weighted by molar-refractivity contribution is 7.91. The Labute approximate surface area is 216 Å². The number of fused-ring (bicyclic) bond motifs is 1. The molecule has 1 amide bonds. The molecule has 0 saturated carbocycles. The maximum absolute atomic E-state index is 12.5. The summed E-state index contributed by atoms with van der Waals surface area (Å²) in [7, 11) is -1.33. The summed E-state index contributed by atoms with van der Waals surface area (Å²) in [6, 6.07) is 19.1. The van der Waals surface area contributed by atoms with Crippen LogP contribution in [0.4, 0.5) is 5.69 Å². The molecule has 0 unspecified atom stereocenters. The second kappa shape index (κ2) is 9.95. The molecule has 0 aliphatic rings. The first-order chi connectivity index (χ1) is 17.0. The molecule has 0 fully saturated rings. The van der Waals surface area contributed by atoms with E-state index in [0.717, 1.165) is 22.4 Å². The summed E-state index contributed by atoms with van der Waals surface area (Å²) in [5.41, 5.74) is 2.41. The number of aromatic nitrogens is 2. The van der Waals surface area contributed by atoms with Crippen LogP contribution in [-0.4, -0.2) is 29.6 Å².